The minimum atomic E-state index is -4.43. The van der Waals surface area contributed by atoms with Crippen LogP contribution in [0.5, 0.6) is 46.0 Å². The van der Waals surface area contributed by atoms with Gasteiger partial charge in [0.15, 0.2) is 46.0 Å². The molecule has 0 saturated carbocycles. The van der Waals surface area contributed by atoms with E-state index < -0.39 is 405 Å². The van der Waals surface area contributed by atoms with E-state index in [1.54, 1.807) is 0 Å². The highest BCUT2D eigenvalue weighted by molar-refractivity contribution is 5.77. The molecule has 4 aromatic carbocycles. The Morgan fingerprint density at radius 2 is 0.592 bits per heavy atom. The van der Waals surface area contributed by atoms with Gasteiger partial charge in [0.25, 0.3) is 0 Å². The van der Waals surface area contributed by atoms with E-state index in [0.29, 0.717) is 33.8 Å². The first kappa shape index (κ1) is 39.6. The van der Waals surface area contributed by atoms with Gasteiger partial charge < -0.3 is 79.8 Å². The van der Waals surface area contributed by atoms with Crippen molar-refractivity contribution in [3.05, 3.63) is 93.0 Å². The van der Waals surface area contributed by atoms with Gasteiger partial charge in [0.2, 0.25) is 0 Å². The van der Waals surface area contributed by atoms with Crippen LogP contribution in [0.2, 0.25) is 0 Å². The summed E-state index contributed by atoms with van der Waals surface area (Å²) in [6.45, 7) is -32.1. The van der Waals surface area contributed by atoms with Crippen LogP contribution in [0.4, 0.5) is 0 Å². The summed E-state index contributed by atoms with van der Waals surface area (Å²) in [4.78, 5) is 52.8. The van der Waals surface area contributed by atoms with Crippen molar-refractivity contribution in [3.8, 4) is 46.0 Å². The van der Waals surface area contributed by atoms with Crippen LogP contribution in [0.3, 0.4) is 0 Å². The molecule has 8 aliphatic heterocycles. The lowest BCUT2D eigenvalue weighted by molar-refractivity contribution is -0.161. The molecule has 20 atom stereocenters. The Morgan fingerprint density at radius 3 is 0.833 bits per heavy atom. The molecule has 120 heavy (non-hydrogen) atoms. The fourth-order valence-electron chi connectivity index (χ4n) is 11.9. The second-order valence-corrected chi connectivity index (χ2v) is 28.9. The molecule has 672 valence electrons. The number of benzene rings is 4. The molecular weight excluding hydrogens is 1520 g/mol. The van der Waals surface area contributed by atoms with E-state index in [4.69, 9.17) is 143 Å². The molecule has 4 fully saturated rings. The predicted molar refractivity (Wildman–Crippen MR) is 471 cm³/mol. The molecule has 12 rings (SSSR count). The SMILES string of the molecule is [2H]C([2H])([2H])C([2H])(C)C([2H])([2H])C1([2H])C([2H])([2H])N2C(c3cc(OC)c(OC)cc3C([2H])([2H])C2([2H])[2H])C([2H])([2H])C1([2H])OC(=O)[C@@H](N)C(C)C.[2H]C([2H])([2H])Oc1cc2c(cc1OC)C1N(C([2H])([2H])C2([2H])[2H])C([2H])([2H])C([2H])(C([2H])([2H])C([2H])(C)C([2H])([2H])[2H])C(OC(=O)[C@@H](N)C(C)C)C1([2H])[2H].[2H]C([2H])([2H])Oc1cc2c(cc1OC)C1N(C([2H])([2H])C2([2H])[2H])C([2H])([2H])C([2H])(C([2H])([2H])C([2H])(C)C([2H])([2H])[2H])C([2H])(OC(=O)[C@@H](N)C(C)C)C1([2H])[2H].[2H]C1([2H])C2c3cc(OC)c(OC)cc3C([2H])([2H])C([2H])([2H])N2C([2H])([2H])C([2H])(C([2H])([2H])C([2H])(C)C([2H])([2H])[2H])C1OC(=O)[C@@H](N)C(C)C. The third-order valence-corrected chi connectivity index (χ3v) is 18.6. The summed E-state index contributed by atoms with van der Waals surface area (Å²) in [5.41, 5.74) is 18.7. The van der Waals surface area contributed by atoms with Crippen molar-refractivity contribution in [1.29, 1.82) is 0 Å². The molecule has 0 bridgehead atoms. The van der Waals surface area contributed by atoms with Gasteiger partial charge in [-0.3, -0.25) is 38.8 Å². The molecule has 0 amide bonds. The van der Waals surface area contributed by atoms with Crippen LogP contribution in [0.1, 0.15) is 323 Å². The van der Waals surface area contributed by atoms with Crippen LogP contribution >= 0.6 is 0 Å². The summed E-state index contributed by atoms with van der Waals surface area (Å²) in [5, 5.41) is 0. The highest BCUT2D eigenvalue weighted by Crippen LogP contribution is 2.50. The number of methoxy groups -OCH3 is 8. The summed E-state index contributed by atoms with van der Waals surface area (Å²) in [5.74, 6) is -42.4. The van der Waals surface area contributed by atoms with Crippen molar-refractivity contribution in [2.45, 2.75) is 260 Å². The zero-order valence-corrected chi connectivity index (χ0v) is 69.3. The molecular formula is C96H152N8O16. The van der Waals surface area contributed by atoms with E-state index in [1.807, 2.05) is 0 Å². The number of hydrogen-bond donors (Lipinski definition) is 4. The molecule has 8 N–H and O–H groups in total. The Balaban J connectivity index is 0.000000273. The van der Waals surface area contributed by atoms with Gasteiger partial charge in [0, 0.05) is 207 Å². The number of aryl methyl sites for hydroxylation is 4. The summed E-state index contributed by atoms with van der Waals surface area (Å²) in [6, 6.07) is -8.95. The number of carbonyl (C=O) groups excluding carboxylic acids is 4. The molecule has 0 aromatic heterocycles. The highest BCUT2D eigenvalue weighted by atomic mass is 16.6. The number of hydrogen-bond acceptors (Lipinski definition) is 24. The number of rotatable bonds is 28. The first-order valence-electron chi connectivity index (χ1n) is 71.3. The zero-order valence-electron chi connectivity index (χ0n) is 137. The first-order chi connectivity index (χ1) is 82.9. The molecule has 4 aromatic rings. The van der Waals surface area contributed by atoms with E-state index in [2.05, 4.69) is 0 Å². The van der Waals surface area contributed by atoms with E-state index in [-0.39, 0.29) is 42.6 Å². The third kappa shape index (κ3) is 23.8. The summed E-state index contributed by atoms with van der Waals surface area (Å²) in [7, 11) is 0.553. The molecule has 8 aliphatic rings. The zero-order chi connectivity index (χ0) is 148. The van der Waals surface area contributed by atoms with E-state index in [0.717, 1.165) is 56.7 Å². The lowest BCUT2D eigenvalue weighted by Crippen LogP contribution is -2.51. The first-order valence-corrected chi connectivity index (χ1v) is 37.3. The average Bonchev–Trinajstić information content (AvgIpc) is 0.648. The Bertz CT molecular complexity index is 7290. The fraction of sp³-hybridized carbons (Fsp3) is 0.708. The largest absolute Gasteiger partial charge is 0.493 e. The quantitative estimate of drug-likeness (QED) is 0.0303. The number of nitrogens with two attached hydrogens (primary N) is 4. The number of nitrogens with zero attached hydrogens (tertiary/aromatic N) is 4. The van der Waals surface area contributed by atoms with Crippen LogP contribution in [0.25, 0.3) is 0 Å². The second kappa shape index (κ2) is 43.9. The fourth-order valence-corrected chi connectivity index (χ4v) is 11.9. The van der Waals surface area contributed by atoms with Gasteiger partial charge in [-0.15, -0.1) is 0 Å². The van der Waals surface area contributed by atoms with Gasteiger partial charge in [-0.25, -0.2) is 0 Å². The van der Waals surface area contributed by atoms with Gasteiger partial charge in [-0.1, -0.05) is 110 Å². The van der Waals surface area contributed by atoms with E-state index >= 15 is 0 Å². The summed E-state index contributed by atoms with van der Waals surface area (Å²) in [6.07, 6.45) is -58.6. The molecule has 0 radical (unpaired) electrons. The third-order valence-electron chi connectivity index (χ3n) is 18.6. The summed E-state index contributed by atoms with van der Waals surface area (Å²) >= 11 is 0. The maximum Gasteiger partial charge on any atom is 0.323 e. The molecule has 8 heterocycles. The average molecular weight is 1740 g/mol. The van der Waals surface area contributed by atoms with Crippen molar-refractivity contribution in [3.63, 3.8) is 0 Å². The number of fused-ring (bicyclic) bond motifs is 12. The monoisotopic (exact) mass is 1740 g/mol. The normalized spacial score (nSPS) is 46.7. The Morgan fingerprint density at radius 1 is 0.367 bits per heavy atom. The van der Waals surface area contributed by atoms with E-state index in [1.165, 1.54) is 83.8 Å². The van der Waals surface area contributed by atoms with Gasteiger partial charge >= 0.3 is 23.9 Å². The van der Waals surface area contributed by atoms with Crippen molar-refractivity contribution >= 4 is 23.9 Å². The van der Waals surface area contributed by atoms with Crippen LogP contribution in [0.15, 0.2) is 48.5 Å². The number of ether oxygens (including phenoxy) is 12. The highest BCUT2D eigenvalue weighted by Gasteiger charge is 2.47. The summed E-state index contributed by atoms with van der Waals surface area (Å²) < 4.78 is 653. The number of piperidine rings is 4. The van der Waals surface area contributed by atoms with Gasteiger partial charge in [0.1, 0.15) is 48.5 Å². The molecule has 4 saturated heterocycles. The van der Waals surface area contributed by atoms with Gasteiger partial charge in [0.05, 0.1) is 67.7 Å². The van der Waals surface area contributed by atoms with Gasteiger partial charge in [-0.2, -0.15) is 0 Å². The van der Waals surface area contributed by atoms with Crippen LogP contribution in [-0.4, -0.2) is 201 Å². The van der Waals surface area contributed by atoms with Crippen LogP contribution < -0.4 is 60.8 Å². The Kier molecular flexibility index (Phi) is 14.5. The van der Waals surface area contributed by atoms with Gasteiger partial charge in [-0.05, 0) is 191 Å². The number of esters is 4. The Hall–Kier alpha value is -7.16. The maximum absolute atomic E-state index is 13.4. The second-order valence-electron chi connectivity index (χ2n) is 28.9. The molecule has 24 nitrogen and oxygen atoms in total. The van der Waals surface area contributed by atoms with Crippen molar-refractivity contribution in [2.75, 3.05) is 109 Å². The van der Waals surface area contributed by atoms with E-state index in [9.17, 15) is 49.3 Å². The lowest BCUT2D eigenvalue weighted by Gasteiger charge is -2.47. The van der Waals surface area contributed by atoms with Crippen LogP contribution in [-0.2, 0) is 63.6 Å². The molecule has 24 heteroatoms. The smallest absolute Gasteiger partial charge is 0.323 e. The topological polar surface area (TPSA) is 296 Å². The maximum atomic E-state index is 13.4. The van der Waals surface area contributed by atoms with Crippen molar-refractivity contribution in [1.82, 2.24) is 19.6 Å². The Labute approximate surface area is 814 Å². The molecule has 0 aliphatic carbocycles. The van der Waals surface area contributed by atoms with Crippen molar-refractivity contribution < 1.29 is 169 Å². The minimum absolute atomic E-state index is 0.00138. The standard InChI is InChI=1S/4C24H38N2O4/c4*1-14(2)9-17-13-26-8-7-16-10-21(28-5)22(29-6)11-18(16)19(26)12-20(17)30-24(27)23(25)15(3)4/h4*10-11,14-15,17,19-20,23H,7-9,12-13,25H2,1-6H3/t4*17?,19?,20?,23-/m0000/s1/i1D3,5D3,7D2,8D2,9D2,12D2,13D2,14D,17D,20D;1D3,7D2,8D2,9D2,12D2,13D2,14D,17D,20D;1D3,5D3,7D2,8D2,9D2,12D2,13D2,14D,17D;1D3,7D2,8D2,9D2,12D2,13D2,14D,17D/t4*14?,17?,19?,20?,23-. The number of carbonyl (C=O) groups is 4. The van der Waals surface area contributed by atoms with Crippen molar-refractivity contribution in [2.24, 2.45) is 93.8 Å². The predicted octanol–water partition coefficient (Wildman–Crippen LogP) is 14.3. The lowest BCUT2D eigenvalue weighted by atomic mass is 9.79. The minimum Gasteiger partial charge on any atom is -0.493 e. The molecule has 16 unspecified atom stereocenters. The molecule has 0 spiro atoms. The van der Waals surface area contributed by atoms with Crippen LogP contribution in [0, 0.1) is 70.8 Å².